The summed E-state index contributed by atoms with van der Waals surface area (Å²) in [6.45, 7) is 24.7. The Morgan fingerprint density at radius 3 is 2.18 bits per heavy atom. The Bertz CT molecular complexity index is 1770. The molecule has 0 spiro atoms. The molecule has 0 unspecified atom stereocenters. The molecular formula is C54H82FNO4. The molecule has 0 bridgehead atoms. The average molecular weight is 828 g/mol. The number of aliphatic hydroxyl groups is 2. The number of halogens is 1. The fraction of sp³-hybridized carbons (Fsp3) is 0.759. The zero-order valence-corrected chi connectivity index (χ0v) is 38.9. The van der Waals surface area contributed by atoms with E-state index >= 15 is 0 Å². The largest absolute Gasteiger partial charge is 0.486 e. The Kier molecular flexibility index (Phi) is 13.0. The quantitative estimate of drug-likeness (QED) is 0.205. The van der Waals surface area contributed by atoms with Gasteiger partial charge in [0.05, 0.1) is 17.1 Å². The smallest absolute Gasteiger partial charge is 0.179 e. The van der Waals surface area contributed by atoms with Crippen LogP contribution in [0.3, 0.4) is 0 Å². The number of ketones is 1. The summed E-state index contributed by atoms with van der Waals surface area (Å²) >= 11 is 0. The molecule has 3 N–H and O–H groups in total. The molecule has 6 heteroatoms. The van der Waals surface area contributed by atoms with Crippen molar-refractivity contribution in [2.75, 3.05) is 19.8 Å². The van der Waals surface area contributed by atoms with Gasteiger partial charge in [-0.1, -0.05) is 84.0 Å². The van der Waals surface area contributed by atoms with E-state index in [0.29, 0.717) is 58.6 Å². The maximum Gasteiger partial charge on any atom is 0.179 e. The van der Waals surface area contributed by atoms with Crippen LogP contribution in [0.25, 0.3) is 0 Å². The van der Waals surface area contributed by atoms with Gasteiger partial charge in [-0.2, -0.15) is 0 Å². The van der Waals surface area contributed by atoms with Crippen LogP contribution in [0.5, 0.6) is 5.75 Å². The number of alkyl halides is 1. The Morgan fingerprint density at radius 2 is 1.57 bits per heavy atom. The lowest BCUT2D eigenvalue weighted by Crippen LogP contribution is -2.68. The van der Waals surface area contributed by atoms with Gasteiger partial charge in [-0.05, 0) is 204 Å². The van der Waals surface area contributed by atoms with Crippen LogP contribution < -0.4 is 10.1 Å². The summed E-state index contributed by atoms with van der Waals surface area (Å²) in [5.74, 6) is 3.99. The minimum Gasteiger partial charge on any atom is -0.486 e. The lowest BCUT2D eigenvalue weighted by atomic mass is 9.33. The minimum atomic E-state index is -0.973. The molecule has 5 nitrogen and oxygen atoms in total. The summed E-state index contributed by atoms with van der Waals surface area (Å²) < 4.78 is 20.5. The van der Waals surface area contributed by atoms with Gasteiger partial charge < -0.3 is 20.3 Å². The first kappa shape index (κ1) is 45.7. The molecular weight excluding hydrogens is 746 g/mol. The molecule has 0 heterocycles. The summed E-state index contributed by atoms with van der Waals surface area (Å²) in [5, 5.41) is 22.6. The fourth-order valence-corrected chi connectivity index (χ4v) is 15.6. The molecule has 8 rings (SSSR count). The van der Waals surface area contributed by atoms with Gasteiger partial charge in [0.1, 0.15) is 19.0 Å². The molecule has 5 fully saturated rings. The van der Waals surface area contributed by atoms with E-state index in [4.69, 9.17) is 9.84 Å². The number of benzene rings is 1. The maximum atomic E-state index is 14.7. The molecule has 60 heavy (non-hydrogen) atoms. The number of carbonyl (C=O) groups excluding carboxylic acids is 1. The van der Waals surface area contributed by atoms with E-state index in [0.717, 1.165) is 51.0 Å². The van der Waals surface area contributed by atoms with E-state index < -0.39 is 17.7 Å². The predicted molar refractivity (Wildman–Crippen MR) is 243 cm³/mol. The molecule has 10 atom stereocenters. The van der Waals surface area contributed by atoms with Crippen LogP contribution in [0.4, 0.5) is 4.39 Å². The molecule has 0 aliphatic heterocycles. The molecule has 7 aliphatic carbocycles. The molecule has 5 saturated carbocycles. The Morgan fingerprint density at radius 1 is 0.850 bits per heavy atom. The molecule has 1 aromatic rings. The Hall–Kier alpha value is -2.28. The van der Waals surface area contributed by atoms with Crippen LogP contribution >= 0.6 is 0 Å². The molecule has 1 aromatic carbocycles. The number of carbonyl (C=O) groups is 1. The van der Waals surface area contributed by atoms with E-state index in [1.807, 2.05) is 37.3 Å². The van der Waals surface area contributed by atoms with Gasteiger partial charge in [0, 0.05) is 5.54 Å². The van der Waals surface area contributed by atoms with Crippen LogP contribution in [0, 0.1) is 56.7 Å². The number of hydrogen-bond donors (Lipinski definition) is 3. The lowest BCUT2D eigenvalue weighted by molar-refractivity contribution is -0.221. The minimum absolute atomic E-state index is 0.0380. The van der Waals surface area contributed by atoms with Gasteiger partial charge in [0.2, 0.25) is 0 Å². The zero-order chi connectivity index (χ0) is 43.4. The van der Waals surface area contributed by atoms with E-state index in [2.05, 4.69) is 72.5 Å². The highest BCUT2D eigenvalue weighted by atomic mass is 19.1. The maximum absolute atomic E-state index is 14.7. The molecule has 0 radical (unpaired) electrons. The number of Topliss-reactive ketones (excluding diaryl/α,β-unsaturated/α-hetero) is 1. The third-order valence-corrected chi connectivity index (χ3v) is 19.3. The lowest BCUT2D eigenvalue weighted by Gasteiger charge is -2.72. The average Bonchev–Trinajstić information content (AvgIpc) is 3.61. The van der Waals surface area contributed by atoms with E-state index in [1.54, 1.807) is 0 Å². The van der Waals surface area contributed by atoms with Crippen molar-refractivity contribution in [1.29, 1.82) is 0 Å². The zero-order valence-electron chi connectivity index (χ0n) is 38.9. The molecule has 0 saturated heterocycles. The van der Waals surface area contributed by atoms with Crippen molar-refractivity contribution in [1.82, 2.24) is 5.32 Å². The molecule has 0 aromatic heterocycles. The van der Waals surface area contributed by atoms with Crippen LogP contribution in [-0.2, 0) is 4.79 Å². The van der Waals surface area contributed by atoms with Gasteiger partial charge in [-0.25, -0.2) is 4.39 Å². The third kappa shape index (κ3) is 7.86. The first-order chi connectivity index (χ1) is 28.3. The van der Waals surface area contributed by atoms with Gasteiger partial charge in [-0.3, -0.25) is 4.79 Å². The van der Waals surface area contributed by atoms with Crippen molar-refractivity contribution in [3.8, 4) is 5.75 Å². The summed E-state index contributed by atoms with van der Waals surface area (Å²) in [4.78, 5) is 13.4. The Labute approximate surface area is 363 Å². The second-order valence-electron chi connectivity index (χ2n) is 22.9. The summed E-state index contributed by atoms with van der Waals surface area (Å²) in [6, 6.07) is 9.40. The number of nitrogens with one attached hydrogen (secondary N) is 1. The van der Waals surface area contributed by atoms with Crippen molar-refractivity contribution in [2.45, 2.75) is 182 Å². The topological polar surface area (TPSA) is 78.8 Å². The molecule has 334 valence electrons. The first-order valence-corrected chi connectivity index (χ1v) is 24.3. The van der Waals surface area contributed by atoms with Crippen LogP contribution in [0.15, 0.2) is 65.8 Å². The van der Waals surface area contributed by atoms with Crippen LogP contribution in [0.1, 0.15) is 165 Å². The van der Waals surface area contributed by atoms with Crippen LogP contribution in [-0.4, -0.2) is 53.1 Å². The highest BCUT2D eigenvalue weighted by Crippen LogP contribution is 2.76. The SMILES string of the molecule is C=C(C)[C@@H]1CC[C@]2(NCCC)CC[C@]3(C)[C@H](CC[C@@H]4[C@@]5(C)CC=C(C6=CC[C@@](CF)(C(=O)COc7ccccc7)CC6)C(C)(C)[C@@H]5CC[C@]43C)[C@@H]12.CC1(O)CCC(O)CC1. The molecule has 0 amide bonds. The predicted octanol–water partition coefficient (Wildman–Crippen LogP) is 12.3. The van der Waals surface area contributed by atoms with Crippen molar-refractivity contribution in [3.05, 3.63) is 65.8 Å². The highest BCUT2D eigenvalue weighted by Gasteiger charge is 2.70. The standard InChI is InChI=1S/C47H68FNO2.C7H14O2/c1-9-29-49-47-26-19-35(32(2)3)41(47)37-15-16-39-43(6)22-20-36(42(4,5)38(43)21-23-45(39,8)44(37,7)27-28-47)33-17-24-46(31-48,25-18-33)40(50)30-51-34-13-11-10-12-14-34;1-7(9)4-2-6(8)3-5-7/h10-14,17,20,35,37-39,41,49H,2,9,15-16,18-19,21-31H2,1,3-8H3;6,8-9H,2-5H2,1H3/t35-,37+,38-,39+,41+,43-,44+,45+,46+,47-;/m0./s1. The van der Waals surface area contributed by atoms with E-state index in [-0.39, 0.29) is 29.3 Å². The fourth-order valence-electron chi connectivity index (χ4n) is 15.6. The number of fused-ring (bicyclic) bond motifs is 7. The highest BCUT2D eigenvalue weighted by molar-refractivity contribution is 5.87. The van der Waals surface area contributed by atoms with E-state index in [9.17, 15) is 14.3 Å². The number of ether oxygens (including phenoxy) is 1. The van der Waals surface area contributed by atoms with E-state index in [1.165, 1.54) is 74.5 Å². The number of allylic oxidation sites excluding steroid dienone is 5. The number of para-hydroxylation sites is 1. The number of rotatable bonds is 10. The molecule has 7 aliphatic rings. The monoisotopic (exact) mass is 828 g/mol. The van der Waals surface area contributed by atoms with Crippen molar-refractivity contribution < 1.29 is 24.1 Å². The van der Waals surface area contributed by atoms with Gasteiger partial charge in [0.25, 0.3) is 0 Å². The summed E-state index contributed by atoms with van der Waals surface area (Å²) in [6.07, 6.45) is 22.4. The number of hydrogen-bond acceptors (Lipinski definition) is 5. The van der Waals surface area contributed by atoms with Gasteiger partial charge in [0.15, 0.2) is 5.78 Å². The van der Waals surface area contributed by atoms with Crippen molar-refractivity contribution >= 4 is 5.78 Å². The number of aliphatic hydroxyl groups excluding tert-OH is 1. The summed E-state index contributed by atoms with van der Waals surface area (Å²) in [7, 11) is 0. The van der Waals surface area contributed by atoms with Crippen molar-refractivity contribution in [2.24, 2.45) is 56.7 Å². The van der Waals surface area contributed by atoms with Gasteiger partial charge >= 0.3 is 0 Å². The second kappa shape index (κ2) is 17.0. The van der Waals surface area contributed by atoms with Gasteiger partial charge in [-0.15, -0.1) is 0 Å². The van der Waals surface area contributed by atoms with Crippen molar-refractivity contribution in [3.63, 3.8) is 0 Å². The summed E-state index contributed by atoms with van der Waals surface area (Å²) in [5.41, 5.74) is 4.06. The van der Waals surface area contributed by atoms with Crippen LogP contribution in [0.2, 0.25) is 0 Å². The normalized spacial score (nSPS) is 43.0. The Balaban J connectivity index is 0.000000537. The second-order valence-corrected chi connectivity index (χ2v) is 22.9. The third-order valence-electron chi connectivity index (χ3n) is 19.3. The first-order valence-electron chi connectivity index (χ1n) is 24.3.